The maximum absolute atomic E-state index is 12.9. The summed E-state index contributed by atoms with van der Waals surface area (Å²) in [5.41, 5.74) is 0.209. The van der Waals surface area contributed by atoms with Crippen molar-refractivity contribution in [3.05, 3.63) is 47.2 Å². The number of carbonyl (C=O) groups excluding carboxylic acids is 2. The number of halogens is 1. The molecule has 2 amide bonds. The van der Waals surface area contributed by atoms with Gasteiger partial charge in [0.25, 0.3) is 11.8 Å². The second-order valence-electron chi connectivity index (χ2n) is 5.99. The standard InChI is InChI=1S/C18H21FN4O5/c1-10(24)23(2)14(28-3)8-13-21-15(16(25)18(27)22-13)17(26)20-9-11-4-6-12(19)7-5-11/h4-7,14,25H,8-9H2,1-3H3,(H,20,26)(H,21,22,27). The van der Waals surface area contributed by atoms with Crippen LogP contribution in [0.15, 0.2) is 24.3 Å². The van der Waals surface area contributed by atoms with Crippen molar-refractivity contribution in [1.82, 2.24) is 20.2 Å². The number of aromatic nitrogens is 2. The summed E-state index contributed by atoms with van der Waals surface area (Å²) in [7, 11) is 2.91. The molecule has 0 fully saturated rings. The summed E-state index contributed by atoms with van der Waals surface area (Å²) >= 11 is 0. The van der Waals surface area contributed by atoms with E-state index in [-0.39, 0.29) is 24.7 Å². The molecule has 1 atom stereocenters. The molecule has 2 aromatic rings. The maximum atomic E-state index is 12.9. The number of nitrogens with one attached hydrogen (secondary N) is 1. The van der Waals surface area contributed by atoms with Gasteiger partial charge in [-0.1, -0.05) is 12.1 Å². The van der Waals surface area contributed by atoms with Crippen LogP contribution in [0.2, 0.25) is 0 Å². The van der Waals surface area contributed by atoms with Crippen LogP contribution in [0.3, 0.4) is 0 Å². The van der Waals surface area contributed by atoms with Crippen molar-refractivity contribution < 1.29 is 28.9 Å². The molecular weight excluding hydrogens is 371 g/mol. The Morgan fingerprint density at radius 3 is 2.46 bits per heavy atom. The molecule has 3 N–H and O–H groups in total. The lowest BCUT2D eigenvalue weighted by molar-refractivity contribution is -0.138. The highest BCUT2D eigenvalue weighted by Gasteiger charge is 2.23. The molecule has 0 aliphatic heterocycles. The minimum absolute atomic E-state index is 0.00202. The molecule has 0 bridgehead atoms. The number of carbonyl (C=O) groups is 2. The Bertz CT molecular complexity index is 860. The highest BCUT2D eigenvalue weighted by molar-refractivity contribution is 5.95. The Hall–Kier alpha value is -3.27. The van der Waals surface area contributed by atoms with Crippen molar-refractivity contribution in [2.24, 2.45) is 0 Å². The fourth-order valence-electron chi connectivity index (χ4n) is 2.34. The van der Waals surface area contributed by atoms with E-state index in [9.17, 15) is 24.2 Å². The van der Waals surface area contributed by atoms with Gasteiger partial charge in [-0.15, -0.1) is 0 Å². The number of likely N-dealkylation sites (N-methyl/N-ethyl adjacent to an activating group) is 1. The third-order valence-electron chi connectivity index (χ3n) is 4.05. The van der Waals surface area contributed by atoms with Crippen LogP contribution in [-0.4, -0.2) is 57.3 Å². The third kappa shape index (κ3) is 5.13. The second-order valence-corrected chi connectivity index (χ2v) is 5.99. The Morgan fingerprint density at radius 2 is 1.89 bits per heavy atom. The molecule has 28 heavy (non-hydrogen) atoms. The summed E-state index contributed by atoms with van der Waals surface area (Å²) < 4.78 is 18.1. The molecule has 1 unspecified atom stereocenters. The SMILES string of the molecule is COC(Cc1nc(O)c(O)c(C(=O)NCc2ccc(F)cc2)n1)N(C)C(C)=O. The summed E-state index contributed by atoms with van der Waals surface area (Å²) in [6, 6.07) is 5.51. The fraction of sp³-hybridized carbons (Fsp3) is 0.333. The lowest BCUT2D eigenvalue weighted by Crippen LogP contribution is -2.38. The molecule has 0 aliphatic carbocycles. The van der Waals surface area contributed by atoms with Gasteiger partial charge in [0.15, 0.2) is 5.69 Å². The van der Waals surface area contributed by atoms with Crippen LogP contribution in [0.1, 0.15) is 28.8 Å². The lowest BCUT2D eigenvalue weighted by Gasteiger charge is -2.25. The van der Waals surface area contributed by atoms with Gasteiger partial charge in [0.2, 0.25) is 11.7 Å². The van der Waals surface area contributed by atoms with Crippen LogP contribution in [0.4, 0.5) is 4.39 Å². The Labute approximate surface area is 160 Å². The molecule has 0 spiro atoms. The first-order valence-corrected chi connectivity index (χ1v) is 8.30. The number of benzene rings is 1. The average molecular weight is 392 g/mol. The van der Waals surface area contributed by atoms with E-state index in [1.807, 2.05) is 0 Å². The van der Waals surface area contributed by atoms with E-state index < -0.39 is 35.3 Å². The lowest BCUT2D eigenvalue weighted by atomic mass is 10.2. The van der Waals surface area contributed by atoms with E-state index in [0.717, 1.165) is 0 Å². The third-order valence-corrected chi connectivity index (χ3v) is 4.05. The summed E-state index contributed by atoms with van der Waals surface area (Å²) in [5, 5.41) is 22.3. The van der Waals surface area contributed by atoms with Crippen molar-refractivity contribution in [3.63, 3.8) is 0 Å². The van der Waals surface area contributed by atoms with Crippen molar-refractivity contribution in [2.45, 2.75) is 26.1 Å². The summed E-state index contributed by atoms with van der Waals surface area (Å²) in [5.74, 6) is -2.95. The minimum atomic E-state index is -0.769. The topological polar surface area (TPSA) is 125 Å². The molecular formula is C18H21FN4O5. The van der Waals surface area contributed by atoms with Crippen molar-refractivity contribution in [1.29, 1.82) is 0 Å². The van der Waals surface area contributed by atoms with Crippen LogP contribution < -0.4 is 5.32 Å². The number of hydrogen-bond donors (Lipinski definition) is 3. The van der Waals surface area contributed by atoms with Gasteiger partial charge < -0.3 is 25.2 Å². The van der Waals surface area contributed by atoms with Crippen LogP contribution >= 0.6 is 0 Å². The first-order chi connectivity index (χ1) is 13.2. The predicted molar refractivity (Wildman–Crippen MR) is 95.9 cm³/mol. The van der Waals surface area contributed by atoms with Crippen molar-refractivity contribution >= 4 is 11.8 Å². The number of rotatable bonds is 7. The molecule has 0 aliphatic rings. The highest BCUT2D eigenvalue weighted by Crippen LogP contribution is 2.26. The van der Waals surface area contributed by atoms with Crippen LogP contribution in [0.25, 0.3) is 0 Å². The number of amides is 2. The number of aromatic hydroxyl groups is 2. The number of hydrogen-bond acceptors (Lipinski definition) is 7. The van der Waals surface area contributed by atoms with Crippen molar-refractivity contribution in [2.75, 3.05) is 14.2 Å². The van der Waals surface area contributed by atoms with Gasteiger partial charge in [0.05, 0.1) is 6.42 Å². The molecule has 0 saturated carbocycles. The summed E-state index contributed by atoms with van der Waals surface area (Å²) in [6.45, 7) is 1.42. The van der Waals surface area contributed by atoms with Gasteiger partial charge in [-0.2, -0.15) is 4.98 Å². The first-order valence-electron chi connectivity index (χ1n) is 8.30. The fourth-order valence-corrected chi connectivity index (χ4v) is 2.34. The molecule has 10 heteroatoms. The van der Waals surface area contributed by atoms with E-state index in [2.05, 4.69) is 15.3 Å². The Balaban J connectivity index is 2.18. The van der Waals surface area contributed by atoms with E-state index in [1.54, 1.807) is 0 Å². The minimum Gasteiger partial charge on any atom is -0.501 e. The smallest absolute Gasteiger partial charge is 0.274 e. The molecule has 2 rings (SSSR count). The summed E-state index contributed by atoms with van der Waals surface area (Å²) in [4.78, 5) is 32.9. The van der Waals surface area contributed by atoms with Crippen LogP contribution in [0.5, 0.6) is 11.6 Å². The number of methoxy groups -OCH3 is 1. The van der Waals surface area contributed by atoms with Gasteiger partial charge in [-0.25, -0.2) is 9.37 Å². The van der Waals surface area contributed by atoms with Gasteiger partial charge in [0.1, 0.15) is 17.9 Å². The quantitative estimate of drug-likeness (QED) is 0.599. The Morgan fingerprint density at radius 1 is 1.25 bits per heavy atom. The molecule has 1 aromatic carbocycles. The average Bonchev–Trinajstić information content (AvgIpc) is 2.67. The van der Waals surface area contributed by atoms with Gasteiger partial charge in [-0.3, -0.25) is 9.59 Å². The highest BCUT2D eigenvalue weighted by atomic mass is 19.1. The molecule has 1 heterocycles. The van der Waals surface area contributed by atoms with E-state index >= 15 is 0 Å². The predicted octanol–water partition coefficient (Wildman–Crippen LogP) is 0.950. The zero-order valence-electron chi connectivity index (χ0n) is 15.6. The normalized spacial score (nSPS) is 11.7. The van der Waals surface area contributed by atoms with Crippen molar-refractivity contribution in [3.8, 4) is 11.6 Å². The van der Waals surface area contributed by atoms with E-state index in [1.165, 1.54) is 50.2 Å². The molecule has 1 aromatic heterocycles. The van der Waals surface area contributed by atoms with Gasteiger partial charge in [0, 0.05) is 27.6 Å². The van der Waals surface area contributed by atoms with Crippen LogP contribution in [0, 0.1) is 5.82 Å². The van der Waals surface area contributed by atoms with E-state index in [0.29, 0.717) is 5.56 Å². The second kappa shape index (κ2) is 9.09. The zero-order valence-corrected chi connectivity index (χ0v) is 15.6. The molecule has 9 nitrogen and oxygen atoms in total. The van der Waals surface area contributed by atoms with Crippen LogP contribution in [-0.2, 0) is 22.5 Å². The molecule has 150 valence electrons. The first kappa shape index (κ1) is 21.0. The largest absolute Gasteiger partial charge is 0.501 e. The zero-order chi connectivity index (χ0) is 20.8. The summed E-state index contributed by atoms with van der Waals surface area (Å²) in [6.07, 6.45) is -0.741. The molecule has 0 saturated heterocycles. The molecule has 0 radical (unpaired) electrons. The van der Waals surface area contributed by atoms with E-state index in [4.69, 9.17) is 4.74 Å². The Kier molecular flexibility index (Phi) is 6.83. The maximum Gasteiger partial charge on any atom is 0.274 e. The monoisotopic (exact) mass is 392 g/mol. The van der Waals surface area contributed by atoms with Gasteiger partial charge >= 0.3 is 0 Å². The number of nitrogens with zero attached hydrogens (tertiary/aromatic N) is 3. The van der Waals surface area contributed by atoms with Gasteiger partial charge in [-0.05, 0) is 17.7 Å². The number of ether oxygens (including phenoxy) is 1.